The third-order valence-corrected chi connectivity index (χ3v) is 3.36. The maximum Gasteiger partial charge on any atom is 0.0763 e. The lowest BCUT2D eigenvalue weighted by molar-refractivity contribution is 0.568. The molecule has 0 aromatic heterocycles. The molecule has 0 saturated carbocycles. The van der Waals surface area contributed by atoms with Crippen molar-refractivity contribution in [1.29, 1.82) is 5.26 Å². The molecule has 0 amide bonds. The highest BCUT2D eigenvalue weighted by atomic mass is 14.8. The molecule has 2 heteroatoms. The van der Waals surface area contributed by atoms with Crippen molar-refractivity contribution >= 4 is 5.69 Å². The first-order valence-electron chi connectivity index (χ1n) is 6.21. The molecule has 2 rings (SSSR count). The van der Waals surface area contributed by atoms with Crippen LogP contribution in [0.1, 0.15) is 18.9 Å². The Hall–Kier alpha value is -2.01. The molecule has 0 fully saturated rings. The zero-order valence-corrected chi connectivity index (χ0v) is 10.9. The molecule has 1 aromatic rings. The van der Waals surface area contributed by atoms with Crippen LogP contribution in [0.25, 0.3) is 0 Å². The third kappa shape index (κ3) is 2.81. The van der Waals surface area contributed by atoms with E-state index < -0.39 is 0 Å². The van der Waals surface area contributed by atoms with Crippen LogP contribution in [-0.4, -0.2) is 7.05 Å². The number of nitriles is 1. The Bertz CT molecular complexity index is 517. The van der Waals surface area contributed by atoms with E-state index in [9.17, 15) is 0 Å². The Morgan fingerprint density at radius 3 is 2.56 bits per heavy atom. The molecule has 92 valence electrons. The first kappa shape index (κ1) is 12.4. The van der Waals surface area contributed by atoms with Crippen molar-refractivity contribution in [3.05, 3.63) is 53.6 Å². The fourth-order valence-electron chi connectivity index (χ4n) is 2.01. The Morgan fingerprint density at radius 2 is 2.06 bits per heavy atom. The van der Waals surface area contributed by atoms with Gasteiger partial charge in [0.2, 0.25) is 0 Å². The van der Waals surface area contributed by atoms with Crippen LogP contribution in [0.5, 0.6) is 0 Å². The number of nitrogens with one attached hydrogen (secondary N) is 1. The van der Waals surface area contributed by atoms with Crippen molar-refractivity contribution in [2.45, 2.75) is 19.8 Å². The van der Waals surface area contributed by atoms with Gasteiger partial charge in [0.25, 0.3) is 0 Å². The predicted molar refractivity (Wildman–Crippen MR) is 75.3 cm³/mol. The zero-order valence-electron chi connectivity index (χ0n) is 10.9. The molecule has 0 radical (unpaired) electrons. The Morgan fingerprint density at radius 1 is 1.33 bits per heavy atom. The van der Waals surface area contributed by atoms with Gasteiger partial charge in [-0.3, -0.25) is 0 Å². The van der Waals surface area contributed by atoms with Gasteiger partial charge in [-0.05, 0) is 43.0 Å². The van der Waals surface area contributed by atoms with Crippen molar-refractivity contribution in [2.24, 2.45) is 5.41 Å². The van der Waals surface area contributed by atoms with Crippen molar-refractivity contribution in [3.63, 3.8) is 0 Å². The highest BCUT2D eigenvalue weighted by molar-refractivity contribution is 5.45. The van der Waals surface area contributed by atoms with Gasteiger partial charge in [-0.2, -0.15) is 5.26 Å². The molecule has 2 nitrogen and oxygen atoms in total. The number of benzene rings is 1. The summed E-state index contributed by atoms with van der Waals surface area (Å²) in [4.78, 5) is 0. The van der Waals surface area contributed by atoms with E-state index >= 15 is 0 Å². The third-order valence-electron chi connectivity index (χ3n) is 3.36. The average Bonchev–Trinajstić information content (AvgIpc) is 2.42. The Balaban J connectivity index is 2.03. The van der Waals surface area contributed by atoms with Gasteiger partial charge >= 0.3 is 0 Å². The van der Waals surface area contributed by atoms with Crippen molar-refractivity contribution < 1.29 is 0 Å². The van der Waals surface area contributed by atoms with Crippen LogP contribution in [0.3, 0.4) is 0 Å². The molecule has 1 atom stereocenters. The van der Waals surface area contributed by atoms with Crippen LogP contribution in [-0.2, 0) is 6.42 Å². The summed E-state index contributed by atoms with van der Waals surface area (Å²) >= 11 is 0. The molecule has 0 saturated heterocycles. The molecule has 18 heavy (non-hydrogen) atoms. The lowest BCUT2D eigenvalue weighted by Crippen LogP contribution is -2.12. The van der Waals surface area contributed by atoms with E-state index in [1.807, 2.05) is 20.0 Å². The van der Waals surface area contributed by atoms with Gasteiger partial charge in [0, 0.05) is 12.7 Å². The van der Waals surface area contributed by atoms with E-state index in [1.165, 1.54) is 11.1 Å². The molecule has 0 bridgehead atoms. The maximum atomic E-state index is 9.05. The highest BCUT2D eigenvalue weighted by Crippen LogP contribution is 2.29. The van der Waals surface area contributed by atoms with Gasteiger partial charge in [0.1, 0.15) is 0 Å². The topological polar surface area (TPSA) is 35.8 Å². The van der Waals surface area contributed by atoms with E-state index in [-0.39, 0.29) is 5.41 Å². The van der Waals surface area contributed by atoms with Gasteiger partial charge in [0.05, 0.1) is 11.5 Å². The molecule has 0 spiro atoms. The number of nitrogens with zero attached hydrogens (tertiary/aromatic N) is 1. The molecule has 1 unspecified atom stereocenters. The quantitative estimate of drug-likeness (QED) is 0.871. The van der Waals surface area contributed by atoms with E-state index in [1.54, 1.807) is 0 Å². The van der Waals surface area contributed by atoms with Crippen LogP contribution in [0, 0.1) is 16.7 Å². The largest absolute Gasteiger partial charge is 0.388 e. The maximum absolute atomic E-state index is 9.05. The monoisotopic (exact) mass is 238 g/mol. The van der Waals surface area contributed by atoms with E-state index in [2.05, 4.69) is 47.8 Å². The second-order valence-corrected chi connectivity index (χ2v) is 4.97. The van der Waals surface area contributed by atoms with Gasteiger partial charge in [0.15, 0.2) is 0 Å². The van der Waals surface area contributed by atoms with Crippen LogP contribution >= 0.6 is 0 Å². The Kier molecular flexibility index (Phi) is 3.53. The van der Waals surface area contributed by atoms with Gasteiger partial charge in [-0.1, -0.05) is 30.4 Å². The minimum Gasteiger partial charge on any atom is -0.388 e. The minimum atomic E-state index is -0.320. The summed E-state index contributed by atoms with van der Waals surface area (Å²) in [6.45, 7) is 1.97. The van der Waals surface area contributed by atoms with Crippen LogP contribution < -0.4 is 5.32 Å². The number of hydrogen-bond donors (Lipinski definition) is 1. The van der Waals surface area contributed by atoms with Gasteiger partial charge in [-0.15, -0.1) is 0 Å². The van der Waals surface area contributed by atoms with Crippen LogP contribution in [0.4, 0.5) is 5.69 Å². The van der Waals surface area contributed by atoms with Crippen LogP contribution in [0.15, 0.2) is 48.1 Å². The van der Waals surface area contributed by atoms with Crippen LogP contribution in [0.2, 0.25) is 0 Å². The molecular formula is C16H18N2. The standard InChI is InChI=1S/C16H18N2/c1-16(12-17)9-7-14(8-10-16)11-13-3-5-15(18-2)6-4-13/h3-9,18H,10-11H2,1-2H3. The second-order valence-electron chi connectivity index (χ2n) is 4.97. The molecule has 1 aromatic carbocycles. The molecule has 0 heterocycles. The van der Waals surface area contributed by atoms with Gasteiger partial charge < -0.3 is 5.32 Å². The lowest BCUT2D eigenvalue weighted by atomic mass is 9.82. The Labute approximate surface area is 109 Å². The molecular weight excluding hydrogens is 220 g/mol. The summed E-state index contributed by atoms with van der Waals surface area (Å²) in [5.74, 6) is 0. The van der Waals surface area contributed by atoms with Crippen molar-refractivity contribution in [1.82, 2.24) is 0 Å². The predicted octanol–water partition coefficient (Wildman–Crippen LogP) is 3.69. The summed E-state index contributed by atoms with van der Waals surface area (Å²) in [7, 11) is 1.92. The average molecular weight is 238 g/mol. The molecule has 1 aliphatic carbocycles. The SMILES string of the molecule is CNc1ccc(CC2=CCC(C)(C#N)C=C2)cc1. The summed E-state index contributed by atoms with van der Waals surface area (Å²) in [6, 6.07) is 10.8. The summed E-state index contributed by atoms with van der Waals surface area (Å²) < 4.78 is 0. The molecule has 0 aliphatic heterocycles. The number of allylic oxidation sites excluding steroid dienone is 4. The molecule has 1 aliphatic rings. The summed E-state index contributed by atoms with van der Waals surface area (Å²) in [5, 5.41) is 12.2. The highest BCUT2D eigenvalue weighted by Gasteiger charge is 2.21. The number of hydrogen-bond acceptors (Lipinski definition) is 2. The fraction of sp³-hybridized carbons (Fsp3) is 0.312. The van der Waals surface area contributed by atoms with E-state index in [4.69, 9.17) is 5.26 Å². The van der Waals surface area contributed by atoms with Crippen molar-refractivity contribution in [2.75, 3.05) is 12.4 Å². The minimum absolute atomic E-state index is 0.320. The first-order chi connectivity index (χ1) is 8.65. The number of rotatable bonds is 3. The smallest absolute Gasteiger partial charge is 0.0763 e. The van der Waals surface area contributed by atoms with Crippen molar-refractivity contribution in [3.8, 4) is 6.07 Å². The van der Waals surface area contributed by atoms with E-state index in [0.717, 1.165) is 18.5 Å². The van der Waals surface area contributed by atoms with Gasteiger partial charge in [-0.25, -0.2) is 0 Å². The fourth-order valence-corrected chi connectivity index (χ4v) is 2.01. The second kappa shape index (κ2) is 5.10. The summed E-state index contributed by atoms with van der Waals surface area (Å²) in [6.07, 6.45) is 8.02. The number of anilines is 1. The van der Waals surface area contributed by atoms with E-state index in [0.29, 0.717) is 0 Å². The normalized spacial score (nSPS) is 22.2. The first-order valence-corrected chi connectivity index (χ1v) is 6.21. The zero-order chi connectivity index (χ0) is 13.0. The molecule has 1 N–H and O–H groups in total. The summed E-state index contributed by atoms with van der Waals surface area (Å²) in [5.41, 5.74) is 3.40. The lowest BCUT2D eigenvalue weighted by Gasteiger charge is -2.19.